The molecule has 0 saturated carbocycles. The van der Waals surface area contributed by atoms with Gasteiger partial charge in [-0.1, -0.05) is 36.4 Å². The Balaban J connectivity index is 0.000000158. The topological polar surface area (TPSA) is 229 Å². The zero-order valence-corrected chi connectivity index (χ0v) is 38.6. The van der Waals surface area contributed by atoms with Crippen molar-refractivity contribution in [2.45, 2.75) is 9.79 Å². The van der Waals surface area contributed by atoms with E-state index in [0.717, 1.165) is 55.9 Å². The summed E-state index contributed by atoms with van der Waals surface area (Å²) in [6.45, 7) is 0. The zero-order chi connectivity index (χ0) is 46.6. The first-order chi connectivity index (χ1) is 32.8. The summed E-state index contributed by atoms with van der Waals surface area (Å²) >= 11 is 0. The minimum Gasteiger partial charge on any atom is -0.744 e. The van der Waals surface area contributed by atoms with Crippen molar-refractivity contribution in [2.75, 3.05) is 0 Å². The number of benzene rings is 2. The summed E-state index contributed by atoms with van der Waals surface area (Å²) in [7, 11) is -9.42. The Morgan fingerprint density at radius 2 is 0.638 bits per heavy atom. The number of hydrogen-bond donors (Lipinski definition) is 4. The normalized spacial score (nSPS) is 12.7. The fourth-order valence-electron chi connectivity index (χ4n) is 8.37. The van der Waals surface area contributed by atoms with Crippen LogP contribution in [0.1, 0.15) is 45.6 Å². The number of rotatable bonds is 4. The summed E-state index contributed by atoms with van der Waals surface area (Å²) in [5, 5.41) is 0. The van der Waals surface area contributed by atoms with Gasteiger partial charge in [-0.3, -0.25) is 0 Å². The molecular formula is C52H34MnN8O6S2. The van der Waals surface area contributed by atoms with Gasteiger partial charge in [-0.05, 0) is 146 Å². The summed E-state index contributed by atoms with van der Waals surface area (Å²) in [5.41, 5.74) is 13.8. The molecule has 12 rings (SSSR count). The Kier molecular flexibility index (Phi) is 11.6. The molecule has 4 N–H and O–H groups in total. The maximum atomic E-state index is 12.1. The SMILES string of the molecule is O=S(=O)([O-])c1ccccc1-c1c2nc(cc3ccc(cc4nc(cc5ccc1[nH]5)C=C4)[nH]3)C=C2.O=S(=O)([O-])c1ccccc1-c1c2nc(cc3ccc(cc4nc(cc5ccc1[nH]5)C=C4)[nH]3)C=C2.[Mn+2]. The zero-order valence-electron chi connectivity index (χ0n) is 35.8. The first-order valence-corrected chi connectivity index (χ1v) is 23.9. The van der Waals surface area contributed by atoms with Crippen molar-refractivity contribution in [3.8, 4) is 22.3 Å². The molecule has 0 saturated heterocycles. The van der Waals surface area contributed by atoms with Gasteiger partial charge in [-0.25, -0.2) is 36.8 Å². The van der Waals surface area contributed by atoms with Crippen LogP contribution >= 0.6 is 0 Å². The third kappa shape index (κ3) is 9.46. The predicted octanol–water partition coefficient (Wildman–Crippen LogP) is 10.5. The molecule has 1 radical (unpaired) electrons. The van der Waals surface area contributed by atoms with Crippen molar-refractivity contribution in [1.82, 2.24) is 39.9 Å². The van der Waals surface area contributed by atoms with E-state index in [9.17, 15) is 25.9 Å². The number of nitrogens with zero attached hydrogens (tertiary/aromatic N) is 4. The predicted molar refractivity (Wildman–Crippen MR) is 265 cm³/mol. The minimum atomic E-state index is -4.71. The van der Waals surface area contributed by atoms with Crippen molar-refractivity contribution < 1.29 is 43.0 Å². The van der Waals surface area contributed by atoms with E-state index in [1.165, 1.54) is 24.3 Å². The van der Waals surface area contributed by atoms with Crippen molar-refractivity contribution in [2.24, 2.45) is 0 Å². The number of hydrogen-bond acceptors (Lipinski definition) is 10. The second kappa shape index (κ2) is 17.9. The molecule has 6 aromatic heterocycles. The summed E-state index contributed by atoms with van der Waals surface area (Å²) in [6, 6.07) is 39.2. The standard InChI is InChI=1S/2C26H18N4O3S.Mn/c2*31-34(32,33)25-4-2-1-3-22(25)26-23-11-9-20(29-23)14-18-7-5-16(27-18)13-17-6-8-19(28-17)15-21-10-12-24(26)30-21;/h2*1-15,27,30H,(H,31,32,33);/q;;+2/p-2. The van der Waals surface area contributed by atoms with E-state index in [2.05, 4.69) is 29.9 Å². The summed E-state index contributed by atoms with van der Waals surface area (Å²) < 4.78 is 72.4. The Labute approximate surface area is 404 Å². The molecule has 0 aliphatic carbocycles. The molecule has 337 valence electrons. The van der Waals surface area contributed by atoms with Gasteiger partial charge in [0.05, 0.1) is 55.3 Å². The molecule has 0 amide bonds. The van der Waals surface area contributed by atoms with Gasteiger partial charge in [0, 0.05) is 66.4 Å². The van der Waals surface area contributed by atoms with Crippen molar-refractivity contribution >= 4 is 113 Å². The molecule has 16 bridgehead atoms. The monoisotopic (exact) mass is 985 g/mol. The maximum Gasteiger partial charge on any atom is 2.00 e. The molecule has 0 atom stereocenters. The van der Waals surface area contributed by atoms with Crippen molar-refractivity contribution in [3.63, 3.8) is 0 Å². The van der Waals surface area contributed by atoms with Crippen molar-refractivity contribution in [1.29, 1.82) is 0 Å². The Hall–Kier alpha value is -8.02. The average Bonchev–Trinajstić information content (AvgIpc) is 4.16. The van der Waals surface area contributed by atoms with Crippen LogP contribution in [0.4, 0.5) is 0 Å². The third-order valence-corrected chi connectivity index (χ3v) is 13.1. The van der Waals surface area contributed by atoms with Crippen LogP contribution in [0.25, 0.3) is 115 Å². The molecular weight excluding hydrogens is 952 g/mol. The van der Waals surface area contributed by atoms with Crippen LogP contribution in [0, 0.1) is 0 Å². The number of H-pyrrole nitrogens is 4. The van der Waals surface area contributed by atoms with E-state index < -0.39 is 20.2 Å². The first kappa shape index (κ1) is 44.8. The molecule has 4 aliphatic rings. The number of nitrogens with one attached hydrogen (secondary N) is 4. The molecule has 2 aromatic carbocycles. The summed E-state index contributed by atoms with van der Waals surface area (Å²) in [4.78, 5) is 31.5. The van der Waals surface area contributed by atoms with E-state index in [0.29, 0.717) is 56.1 Å². The average molecular weight is 986 g/mol. The quantitative estimate of drug-likeness (QED) is 0.0963. The molecule has 17 heteroatoms. The Bertz CT molecular complexity index is 3860. The van der Waals surface area contributed by atoms with E-state index >= 15 is 0 Å². The minimum absolute atomic E-state index is 0. The third-order valence-electron chi connectivity index (χ3n) is 11.3. The second-order valence-corrected chi connectivity index (χ2v) is 18.7. The van der Waals surface area contributed by atoms with Gasteiger partial charge in [0.2, 0.25) is 0 Å². The number of aromatic nitrogens is 8. The van der Waals surface area contributed by atoms with Crippen LogP contribution in [0.15, 0.2) is 143 Å². The van der Waals surface area contributed by atoms with Gasteiger partial charge >= 0.3 is 17.1 Å². The largest absolute Gasteiger partial charge is 2.00 e. The van der Waals surface area contributed by atoms with Crippen LogP contribution in [0.5, 0.6) is 0 Å². The van der Waals surface area contributed by atoms with E-state index in [1.807, 2.05) is 134 Å². The van der Waals surface area contributed by atoms with Crippen LogP contribution in [-0.4, -0.2) is 65.8 Å². The molecule has 14 nitrogen and oxygen atoms in total. The maximum absolute atomic E-state index is 12.1. The van der Waals surface area contributed by atoms with Gasteiger partial charge in [-0.15, -0.1) is 0 Å². The molecule has 4 aliphatic heterocycles. The Morgan fingerprint density at radius 3 is 0.986 bits per heavy atom. The molecule has 0 fully saturated rings. The smallest absolute Gasteiger partial charge is 0.744 e. The molecule has 10 heterocycles. The van der Waals surface area contributed by atoms with Crippen LogP contribution in [0.2, 0.25) is 0 Å². The molecule has 69 heavy (non-hydrogen) atoms. The molecule has 8 aromatic rings. The van der Waals surface area contributed by atoms with Crippen LogP contribution in [-0.2, 0) is 37.3 Å². The fourth-order valence-corrected chi connectivity index (χ4v) is 9.73. The molecule has 0 unspecified atom stereocenters. The Morgan fingerprint density at radius 1 is 0.348 bits per heavy atom. The van der Waals surface area contributed by atoms with Crippen molar-refractivity contribution in [3.05, 3.63) is 179 Å². The molecule has 0 spiro atoms. The summed E-state index contributed by atoms with van der Waals surface area (Å²) in [6.07, 6.45) is 15.1. The van der Waals surface area contributed by atoms with Crippen LogP contribution < -0.4 is 0 Å². The van der Waals surface area contributed by atoms with Gasteiger partial charge in [-0.2, -0.15) is 0 Å². The van der Waals surface area contributed by atoms with Crippen LogP contribution in [0.3, 0.4) is 0 Å². The summed E-state index contributed by atoms with van der Waals surface area (Å²) in [5.74, 6) is 0. The number of fused-ring (bicyclic) bond motifs is 16. The van der Waals surface area contributed by atoms with E-state index in [-0.39, 0.29) is 26.9 Å². The fraction of sp³-hybridized carbons (Fsp3) is 0. The second-order valence-electron chi connectivity index (χ2n) is 16.0. The van der Waals surface area contributed by atoms with Gasteiger partial charge in [0.25, 0.3) is 0 Å². The van der Waals surface area contributed by atoms with Gasteiger partial charge in [0.1, 0.15) is 20.2 Å². The number of aromatic amines is 4. The van der Waals surface area contributed by atoms with Gasteiger partial charge < -0.3 is 29.0 Å². The van der Waals surface area contributed by atoms with E-state index in [4.69, 9.17) is 9.97 Å². The van der Waals surface area contributed by atoms with Gasteiger partial charge in [0.15, 0.2) is 0 Å². The first-order valence-electron chi connectivity index (χ1n) is 21.1. The van der Waals surface area contributed by atoms with E-state index in [1.54, 1.807) is 24.3 Å².